The molecule has 0 fully saturated rings. The van der Waals surface area contributed by atoms with Crippen molar-refractivity contribution in [1.29, 1.82) is 0 Å². The lowest BCUT2D eigenvalue weighted by atomic mass is 9.93. The van der Waals surface area contributed by atoms with Crippen LogP contribution in [-0.2, 0) is 4.79 Å². The molecule has 3 nitrogen and oxygen atoms in total. The van der Waals surface area contributed by atoms with E-state index < -0.39 is 5.97 Å². The van der Waals surface area contributed by atoms with Gasteiger partial charge in [0.1, 0.15) is 5.75 Å². The van der Waals surface area contributed by atoms with E-state index in [4.69, 9.17) is 9.84 Å². The van der Waals surface area contributed by atoms with Gasteiger partial charge >= 0.3 is 5.97 Å². The number of hydrogen-bond donors (Lipinski definition) is 1. The van der Waals surface area contributed by atoms with Gasteiger partial charge in [-0.15, -0.1) is 0 Å². The van der Waals surface area contributed by atoms with Crippen LogP contribution in [0.4, 0.5) is 0 Å². The minimum atomic E-state index is -0.970. The van der Waals surface area contributed by atoms with Gasteiger partial charge in [-0.2, -0.15) is 0 Å². The predicted molar refractivity (Wildman–Crippen MR) is 88.1 cm³/mol. The fourth-order valence-corrected chi connectivity index (χ4v) is 2.89. The first-order valence-electron chi connectivity index (χ1n) is 6.22. The second-order valence-electron chi connectivity index (χ2n) is 5.64. The summed E-state index contributed by atoms with van der Waals surface area (Å²) in [5.74, 6) is -0.232. The van der Waals surface area contributed by atoms with Crippen molar-refractivity contribution in [2.75, 3.05) is 6.61 Å². The third-order valence-corrected chi connectivity index (χ3v) is 3.72. The number of rotatable bonds is 5. The van der Waals surface area contributed by atoms with E-state index in [-0.39, 0.29) is 5.41 Å². The fourth-order valence-electron chi connectivity index (χ4n) is 1.44. The van der Waals surface area contributed by atoms with Crippen LogP contribution in [-0.4, -0.2) is 17.7 Å². The summed E-state index contributed by atoms with van der Waals surface area (Å²) in [4.78, 5) is 10.5. The first kappa shape index (κ1) is 17.2. The number of halogens is 2. The van der Waals surface area contributed by atoms with Gasteiger partial charge < -0.3 is 9.84 Å². The zero-order valence-electron chi connectivity index (χ0n) is 11.7. The molecule has 20 heavy (non-hydrogen) atoms. The summed E-state index contributed by atoms with van der Waals surface area (Å²) < 4.78 is 7.38. The van der Waals surface area contributed by atoms with Crippen molar-refractivity contribution < 1.29 is 14.6 Å². The van der Waals surface area contributed by atoms with Gasteiger partial charge in [0.2, 0.25) is 0 Å². The Labute approximate surface area is 136 Å². The summed E-state index contributed by atoms with van der Waals surface area (Å²) in [5.41, 5.74) is 1.01. The van der Waals surface area contributed by atoms with Crippen LogP contribution in [0.3, 0.4) is 0 Å². The van der Waals surface area contributed by atoms with Gasteiger partial charge in [0.25, 0.3) is 0 Å². The highest BCUT2D eigenvalue weighted by molar-refractivity contribution is 9.11. The smallest absolute Gasteiger partial charge is 0.328 e. The Hall–Kier alpha value is -0.810. The molecule has 1 aromatic rings. The molecule has 110 valence electrons. The molecule has 0 bridgehead atoms. The van der Waals surface area contributed by atoms with E-state index in [1.54, 1.807) is 0 Å². The number of ether oxygens (including phenoxy) is 1. The second-order valence-corrected chi connectivity index (χ2v) is 7.35. The molecule has 0 aliphatic carbocycles. The number of carboxylic acids is 1. The molecular formula is C15H18Br2O3. The highest BCUT2D eigenvalue weighted by Crippen LogP contribution is 2.35. The Morgan fingerprint density at radius 1 is 1.30 bits per heavy atom. The minimum absolute atomic E-state index is 0.225. The van der Waals surface area contributed by atoms with Crippen LogP contribution in [0.15, 0.2) is 27.2 Å². The predicted octanol–water partition coefficient (Wildman–Crippen LogP) is 5.12. The average Bonchev–Trinajstić information content (AvgIpc) is 2.28. The average molecular weight is 406 g/mol. The van der Waals surface area contributed by atoms with E-state index in [1.165, 1.54) is 6.08 Å². The van der Waals surface area contributed by atoms with Gasteiger partial charge in [-0.3, -0.25) is 0 Å². The van der Waals surface area contributed by atoms with Gasteiger partial charge in [-0.05, 0) is 67.5 Å². The summed E-state index contributed by atoms with van der Waals surface area (Å²) in [6.45, 7) is 7.13. The van der Waals surface area contributed by atoms with E-state index in [0.717, 1.165) is 32.8 Å². The SMILES string of the molecule is CC(C)(C)CCOc1c(Br)cc(/C=C/C(=O)O)cc1Br. The highest BCUT2D eigenvalue weighted by atomic mass is 79.9. The summed E-state index contributed by atoms with van der Waals surface area (Å²) in [6, 6.07) is 3.66. The molecule has 0 atom stereocenters. The lowest BCUT2D eigenvalue weighted by Gasteiger charge is -2.19. The first-order valence-corrected chi connectivity index (χ1v) is 7.80. The Balaban J connectivity index is 2.81. The van der Waals surface area contributed by atoms with Crippen molar-refractivity contribution in [2.45, 2.75) is 27.2 Å². The lowest BCUT2D eigenvalue weighted by Crippen LogP contribution is -2.11. The monoisotopic (exact) mass is 404 g/mol. The molecule has 0 unspecified atom stereocenters. The summed E-state index contributed by atoms with van der Waals surface area (Å²) in [5, 5.41) is 8.63. The van der Waals surface area contributed by atoms with Gasteiger partial charge in [0, 0.05) is 6.08 Å². The van der Waals surface area contributed by atoms with Crippen LogP contribution >= 0.6 is 31.9 Å². The molecule has 0 spiro atoms. The second kappa shape index (κ2) is 7.27. The van der Waals surface area contributed by atoms with E-state index in [2.05, 4.69) is 52.6 Å². The third-order valence-electron chi connectivity index (χ3n) is 2.54. The van der Waals surface area contributed by atoms with Gasteiger partial charge in [-0.25, -0.2) is 4.79 Å². The summed E-state index contributed by atoms with van der Waals surface area (Å²) in [6.07, 6.45) is 3.59. The van der Waals surface area contributed by atoms with Crippen LogP contribution in [0.5, 0.6) is 5.75 Å². The maximum Gasteiger partial charge on any atom is 0.328 e. The van der Waals surface area contributed by atoms with Crippen molar-refractivity contribution in [3.05, 3.63) is 32.7 Å². The molecule has 0 aliphatic heterocycles. The van der Waals surface area contributed by atoms with Gasteiger partial charge in [0.15, 0.2) is 0 Å². The van der Waals surface area contributed by atoms with E-state index in [1.807, 2.05) is 12.1 Å². The maximum absolute atomic E-state index is 10.5. The van der Waals surface area contributed by atoms with Crippen LogP contribution in [0, 0.1) is 5.41 Å². The standard InChI is InChI=1S/C15H18Br2O3/c1-15(2,3)6-7-20-14-11(16)8-10(9-12(14)17)4-5-13(18)19/h4-5,8-9H,6-7H2,1-3H3,(H,18,19)/b5-4+. The van der Waals surface area contributed by atoms with Crippen molar-refractivity contribution >= 4 is 43.9 Å². The summed E-state index contributed by atoms with van der Waals surface area (Å²) >= 11 is 6.90. The normalized spacial score (nSPS) is 11.8. The number of hydrogen-bond acceptors (Lipinski definition) is 2. The van der Waals surface area contributed by atoms with Crippen LogP contribution in [0.1, 0.15) is 32.8 Å². The van der Waals surface area contributed by atoms with Crippen LogP contribution in [0.25, 0.3) is 6.08 Å². The molecule has 0 aliphatic rings. The molecule has 0 heterocycles. The number of benzene rings is 1. The van der Waals surface area contributed by atoms with Crippen molar-refractivity contribution in [2.24, 2.45) is 5.41 Å². The summed E-state index contributed by atoms with van der Waals surface area (Å²) in [7, 11) is 0. The molecule has 1 aromatic carbocycles. The fraction of sp³-hybridized carbons (Fsp3) is 0.400. The topological polar surface area (TPSA) is 46.5 Å². The van der Waals surface area contributed by atoms with E-state index in [0.29, 0.717) is 6.61 Å². The third kappa shape index (κ3) is 6.09. The molecular weight excluding hydrogens is 388 g/mol. The maximum atomic E-state index is 10.5. The highest BCUT2D eigenvalue weighted by Gasteiger charge is 2.12. The molecule has 0 aromatic heterocycles. The zero-order valence-corrected chi connectivity index (χ0v) is 14.9. The Bertz CT molecular complexity index is 493. The van der Waals surface area contributed by atoms with Crippen LogP contribution in [0.2, 0.25) is 0 Å². The van der Waals surface area contributed by atoms with Gasteiger partial charge in [-0.1, -0.05) is 20.8 Å². The Morgan fingerprint density at radius 3 is 2.30 bits per heavy atom. The van der Waals surface area contributed by atoms with Crippen LogP contribution < -0.4 is 4.74 Å². The van der Waals surface area contributed by atoms with Crippen molar-refractivity contribution in [1.82, 2.24) is 0 Å². The van der Waals surface area contributed by atoms with Gasteiger partial charge in [0.05, 0.1) is 15.6 Å². The molecule has 1 rings (SSSR count). The first-order chi connectivity index (χ1) is 9.19. The molecule has 0 saturated carbocycles. The molecule has 5 heteroatoms. The number of carboxylic acid groups (broad SMARTS) is 1. The minimum Gasteiger partial charge on any atom is -0.491 e. The Kier molecular flexibility index (Phi) is 6.27. The Morgan fingerprint density at radius 2 is 1.85 bits per heavy atom. The molecule has 1 N–H and O–H groups in total. The molecule has 0 saturated heterocycles. The number of aliphatic carboxylic acids is 1. The lowest BCUT2D eigenvalue weighted by molar-refractivity contribution is -0.131. The number of carbonyl (C=O) groups is 1. The van der Waals surface area contributed by atoms with Crippen molar-refractivity contribution in [3.63, 3.8) is 0 Å². The van der Waals surface area contributed by atoms with Crippen molar-refractivity contribution in [3.8, 4) is 5.75 Å². The largest absolute Gasteiger partial charge is 0.491 e. The quantitative estimate of drug-likeness (QED) is 0.691. The molecule has 0 radical (unpaired) electrons. The zero-order chi connectivity index (χ0) is 15.3. The van der Waals surface area contributed by atoms with E-state index in [9.17, 15) is 4.79 Å². The molecule has 0 amide bonds. The van der Waals surface area contributed by atoms with E-state index >= 15 is 0 Å².